The number of halogens is 1. The molecule has 1 heterocycles. The SMILES string of the molecule is Cc1ccc(F)c2c1NC(C(=O)Nc1cccc(OCCN(C)C)c1)(C1CCCCCC1)C2. The Morgan fingerprint density at radius 1 is 1.18 bits per heavy atom. The number of nitrogens with zero attached hydrogens (tertiary/aromatic N) is 1. The molecule has 1 unspecified atom stereocenters. The van der Waals surface area contributed by atoms with Crippen molar-refractivity contribution in [2.75, 3.05) is 37.9 Å². The maximum absolute atomic E-state index is 14.8. The first-order chi connectivity index (χ1) is 15.9. The third kappa shape index (κ3) is 5.16. The molecule has 6 heteroatoms. The monoisotopic (exact) mass is 453 g/mol. The fraction of sp³-hybridized carbons (Fsp3) is 0.519. The highest BCUT2D eigenvalue weighted by molar-refractivity contribution is 6.02. The predicted molar refractivity (Wildman–Crippen MR) is 132 cm³/mol. The Morgan fingerprint density at radius 3 is 2.64 bits per heavy atom. The summed E-state index contributed by atoms with van der Waals surface area (Å²) in [5.74, 6) is 0.561. The second kappa shape index (κ2) is 10.1. The zero-order valence-electron chi connectivity index (χ0n) is 20.0. The highest BCUT2D eigenvalue weighted by atomic mass is 19.1. The lowest BCUT2D eigenvalue weighted by Crippen LogP contribution is -2.54. The second-order valence-corrected chi connectivity index (χ2v) is 9.81. The lowest BCUT2D eigenvalue weighted by molar-refractivity contribution is -0.122. The van der Waals surface area contributed by atoms with Gasteiger partial charge < -0.3 is 20.3 Å². The minimum Gasteiger partial charge on any atom is -0.492 e. The van der Waals surface area contributed by atoms with Crippen LogP contribution in [0, 0.1) is 18.7 Å². The number of hydrogen-bond donors (Lipinski definition) is 2. The van der Waals surface area contributed by atoms with E-state index in [-0.39, 0.29) is 17.6 Å². The van der Waals surface area contributed by atoms with Gasteiger partial charge in [-0.3, -0.25) is 4.79 Å². The molecule has 2 N–H and O–H groups in total. The third-order valence-corrected chi connectivity index (χ3v) is 7.12. The summed E-state index contributed by atoms with van der Waals surface area (Å²) in [6.45, 7) is 3.36. The average Bonchev–Trinajstić information content (AvgIpc) is 3.01. The van der Waals surface area contributed by atoms with Crippen LogP contribution >= 0.6 is 0 Å². The molecule has 1 aliphatic carbocycles. The fourth-order valence-electron chi connectivity index (χ4n) is 5.23. The Hall–Kier alpha value is -2.60. The van der Waals surface area contributed by atoms with Gasteiger partial charge in [-0.1, -0.05) is 37.8 Å². The van der Waals surface area contributed by atoms with E-state index in [2.05, 4.69) is 15.5 Å². The van der Waals surface area contributed by atoms with Crippen molar-refractivity contribution >= 4 is 17.3 Å². The number of hydrogen-bond acceptors (Lipinski definition) is 4. The second-order valence-electron chi connectivity index (χ2n) is 9.81. The van der Waals surface area contributed by atoms with Crippen molar-refractivity contribution in [2.45, 2.75) is 57.4 Å². The molecular weight excluding hydrogens is 417 g/mol. The molecule has 178 valence electrons. The number of carbonyl (C=O) groups excluding carboxylic acids is 1. The number of rotatable bonds is 7. The van der Waals surface area contributed by atoms with E-state index in [4.69, 9.17) is 4.74 Å². The van der Waals surface area contributed by atoms with E-state index in [1.165, 1.54) is 18.9 Å². The van der Waals surface area contributed by atoms with Crippen LogP contribution in [0.1, 0.15) is 49.7 Å². The number of ether oxygens (including phenoxy) is 1. The minimum atomic E-state index is -0.846. The van der Waals surface area contributed by atoms with Crippen LogP contribution in [0.4, 0.5) is 15.8 Å². The molecule has 2 aliphatic rings. The van der Waals surface area contributed by atoms with Crippen LogP contribution in [0.5, 0.6) is 5.75 Å². The van der Waals surface area contributed by atoms with Crippen LogP contribution in [0.15, 0.2) is 36.4 Å². The molecule has 1 saturated carbocycles. The molecule has 0 saturated heterocycles. The Balaban J connectivity index is 1.59. The summed E-state index contributed by atoms with van der Waals surface area (Å²) >= 11 is 0. The molecular formula is C27H36FN3O2. The van der Waals surface area contributed by atoms with Gasteiger partial charge in [0, 0.05) is 36.0 Å². The largest absolute Gasteiger partial charge is 0.492 e. The maximum atomic E-state index is 14.8. The number of carbonyl (C=O) groups is 1. The highest BCUT2D eigenvalue weighted by Crippen LogP contribution is 2.45. The number of nitrogens with one attached hydrogen (secondary N) is 2. The van der Waals surface area contributed by atoms with Crippen molar-refractivity contribution in [3.63, 3.8) is 0 Å². The van der Waals surface area contributed by atoms with Gasteiger partial charge in [-0.05, 0) is 63.5 Å². The Morgan fingerprint density at radius 2 is 1.94 bits per heavy atom. The van der Waals surface area contributed by atoms with Gasteiger partial charge in [-0.15, -0.1) is 0 Å². The van der Waals surface area contributed by atoms with Gasteiger partial charge >= 0.3 is 0 Å². The van der Waals surface area contributed by atoms with E-state index in [1.807, 2.05) is 45.3 Å². The van der Waals surface area contributed by atoms with E-state index < -0.39 is 5.54 Å². The number of benzene rings is 2. The molecule has 1 amide bonds. The summed E-state index contributed by atoms with van der Waals surface area (Å²) in [6.07, 6.45) is 6.93. The van der Waals surface area contributed by atoms with Gasteiger partial charge in [0.05, 0.1) is 0 Å². The molecule has 0 radical (unpaired) electrons. The molecule has 33 heavy (non-hydrogen) atoms. The third-order valence-electron chi connectivity index (χ3n) is 7.12. The minimum absolute atomic E-state index is 0.0881. The summed E-state index contributed by atoms with van der Waals surface area (Å²) in [5, 5.41) is 6.69. The molecule has 2 aromatic rings. The standard InChI is InChI=1S/C27H36FN3O2/c1-19-13-14-24(28)23-18-27(30-25(19)23,20-9-6-4-5-7-10-20)26(32)29-21-11-8-12-22(17-21)33-16-15-31(2)3/h8,11-14,17,20,30H,4-7,9-10,15-16,18H2,1-3H3,(H,29,32). The Bertz CT molecular complexity index is 952. The number of aryl methyl sites for hydroxylation is 1. The van der Waals surface area contributed by atoms with Gasteiger partial charge in [0.15, 0.2) is 0 Å². The predicted octanol–water partition coefficient (Wildman–Crippen LogP) is 5.39. The lowest BCUT2D eigenvalue weighted by Gasteiger charge is -2.37. The number of fused-ring (bicyclic) bond motifs is 1. The normalized spacial score (nSPS) is 20.8. The number of likely N-dealkylation sites (N-methyl/N-ethyl adjacent to an activating group) is 1. The number of anilines is 2. The zero-order valence-corrected chi connectivity index (χ0v) is 20.0. The summed E-state index contributed by atoms with van der Waals surface area (Å²) in [7, 11) is 4.01. The first-order valence-electron chi connectivity index (χ1n) is 12.1. The molecule has 0 spiro atoms. The van der Waals surface area contributed by atoms with E-state index in [0.29, 0.717) is 24.3 Å². The number of amides is 1. The molecule has 1 aliphatic heterocycles. The van der Waals surface area contributed by atoms with Crippen molar-refractivity contribution in [1.29, 1.82) is 0 Å². The topological polar surface area (TPSA) is 53.6 Å². The van der Waals surface area contributed by atoms with Gasteiger partial charge in [0.1, 0.15) is 23.7 Å². The first kappa shape index (κ1) is 23.6. The molecule has 5 nitrogen and oxygen atoms in total. The summed E-state index contributed by atoms with van der Waals surface area (Å²) in [6, 6.07) is 10.8. The van der Waals surface area contributed by atoms with Crippen LogP contribution in [-0.4, -0.2) is 43.6 Å². The van der Waals surface area contributed by atoms with Crippen LogP contribution in [-0.2, 0) is 11.2 Å². The van der Waals surface area contributed by atoms with Crippen molar-refractivity contribution in [3.8, 4) is 5.75 Å². The molecule has 2 aromatic carbocycles. The van der Waals surface area contributed by atoms with E-state index in [9.17, 15) is 9.18 Å². The van der Waals surface area contributed by atoms with E-state index >= 15 is 0 Å². The maximum Gasteiger partial charge on any atom is 0.250 e. The Kier molecular flexibility index (Phi) is 7.23. The van der Waals surface area contributed by atoms with Gasteiger partial charge in [0.25, 0.3) is 5.91 Å². The van der Waals surface area contributed by atoms with E-state index in [0.717, 1.165) is 49.2 Å². The smallest absolute Gasteiger partial charge is 0.250 e. The van der Waals surface area contributed by atoms with Gasteiger partial charge in [-0.2, -0.15) is 0 Å². The molecule has 4 rings (SSSR count). The van der Waals surface area contributed by atoms with Crippen molar-refractivity contribution in [1.82, 2.24) is 4.90 Å². The lowest BCUT2D eigenvalue weighted by atomic mass is 9.76. The highest BCUT2D eigenvalue weighted by Gasteiger charge is 2.50. The summed E-state index contributed by atoms with van der Waals surface area (Å²) in [5.41, 5.74) is 2.25. The van der Waals surface area contributed by atoms with Crippen LogP contribution < -0.4 is 15.4 Å². The molecule has 1 atom stereocenters. The zero-order chi connectivity index (χ0) is 23.4. The summed E-state index contributed by atoms with van der Waals surface area (Å²) < 4.78 is 20.6. The summed E-state index contributed by atoms with van der Waals surface area (Å²) in [4.78, 5) is 16.0. The molecule has 0 bridgehead atoms. The van der Waals surface area contributed by atoms with Crippen molar-refractivity contribution in [2.24, 2.45) is 5.92 Å². The molecule has 1 fully saturated rings. The van der Waals surface area contributed by atoms with Crippen molar-refractivity contribution < 1.29 is 13.9 Å². The quantitative estimate of drug-likeness (QED) is 0.552. The van der Waals surface area contributed by atoms with Crippen molar-refractivity contribution in [3.05, 3.63) is 53.3 Å². The molecule has 0 aromatic heterocycles. The Labute approximate surface area is 196 Å². The van der Waals surface area contributed by atoms with Crippen LogP contribution in [0.25, 0.3) is 0 Å². The average molecular weight is 454 g/mol. The van der Waals surface area contributed by atoms with Gasteiger partial charge in [0.2, 0.25) is 0 Å². The van der Waals surface area contributed by atoms with E-state index in [1.54, 1.807) is 6.07 Å². The van der Waals surface area contributed by atoms with Crippen LogP contribution in [0.2, 0.25) is 0 Å². The van der Waals surface area contributed by atoms with Crippen LogP contribution in [0.3, 0.4) is 0 Å². The fourth-order valence-corrected chi connectivity index (χ4v) is 5.23. The van der Waals surface area contributed by atoms with Gasteiger partial charge in [-0.25, -0.2) is 4.39 Å². The first-order valence-corrected chi connectivity index (χ1v) is 12.1.